The number of carbonyl (C=O) groups is 1. The third kappa shape index (κ3) is 5.03. The molecule has 172 valence electrons. The molecule has 0 spiro atoms. The van der Waals surface area contributed by atoms with E-state index in [1.807, 2.05) is 24.2 Å². The third-order valence-corrected chi connectivity index (χ3v) is 5.74. The maximum atomic E-state index is 12.9. The zero-order chi connectivity index (χ0) is 22.9. The molecule has 4 rings (SSSR count). The Morgan fingerprint density at radius 3 is 2.59 bits per heavy atom. The second kappa shape index (κ2) is 8.79. The smallest absolute Gasteiger partial charge is 0.421 e. The number of aromatic amines is 1. The first-order chi connectivity index (χ1) is 15.2. The molecule has 1 N–H and O–H groups in total. The largest absolute Gasteiger partial charge is 0.449 e. The summed E-state index contributed by atoms with van der Waals surface area (Å²) in [6, 6.07) is 0.635. The normalized spacial score (nSPS) is 19.2. The van der Waals surface area contributed by atoms with Gasteiger partial charge in [0.05, 0.1) is 6.61 Å². The summed E-state index contributed by atoms with van der Waals surface area (Å²) in [6.45, 7) is 3.32. The van der Waals surface area contributed by atoms with E-state index >= 15 is 0 Å². The van der Waals surface area contributed by atoms with Gasteiger partial charge in [0.25, 0.3) is 5.56 Å². The average molecular weight is 451 g/mol. The molecule has 2 aromatic heterocycles. The van der Waals surface area contributed by atoms with Gasteiger partial charge >= 0.3 is 12.3 Å². The van der Waals surface area contributed by atoms with E-state index in [0.29, 0.717) is 31.5 Å². The number of pyridine rings is 1. The van der Waals surface area contributed by atoms with Gasteiger partial charge in [-0.2, -0.15) is 13.2 Å². The van der Waals surface area contributed by atoms with Gasteiger partial charge in [0.2, 0.25) is 5.95 Å². The Kier molecular flexibility index (Phi) is 6.07. The summed E-state index contributed by atoms with van der Waals surface area (Å²) in [7, 11) is 0. The summed E-state index contributed by atoms with van der Waals surface area (Å²) < 4.78 is 43.8. The summed E-state index contributed by atoms with van der Waals surface area (Å²) >= 11 is 0. The minimum Gasteiger partial charge on any atom is -0.449 e. The van der Waals surface area contributed by atoms with E-state index in [1.165, 1.54) is 19.0 Å². The standard InChI is InChI=1S/C21H24F3N5O3/c1-13-12-28(19-26-10-16(11-27-19)15-2-3-15)5-6-29(13)20(31)32-7-4-14-8-17(21(22,23)24)18(30)25-9-14/h8-11,13,15H,2-7,12H2,1H3,(H,25,30). The van der Waals surface area contributed by atoms with Crippen molar-refractivity contribution < 1.29 is 22.7 Å². The summed E-state index contributed by atoms with van der Waals surface area (Å²) in [5.74, 6) is 1.22. The van der Waals surface area contributed by atoms with Crippen LogP contribution in [0.15, 0.2) is 29.5 Å². The molecular formula is C21H24F3N5O3. The van der Waals surface area contributed by atoms with Crippen molar-refractivity contribution in [3.63, 3.8) is 0 Å². The van der Waals surface area contributed by atoms with Crippen molar-refractivity contribution in [2.75, 3.05) is 31.1 Å². The minimum absolute atomic E-state index is 0.0567. The number of aromatic nitrogens is 3. The second-order valence-corrected chi connectivity index (χ2v) is 8.19. The molecule has 11 heteroatoms. The van der Waals surface area contributed by atoms with Gasteiger partial charge in [-0.3, -0.25) is 4.79 Å². The molecule has 1 atom stereocenters. The summed E-state index contributed by atoms with van der Waals surface area (Å²) in [5.41, 5.74) is -1.07. The van der Waals surface area contributed by atoms with E-state index in [2.05, 4.69) is 15.0 Å². The molecule has 8 nitrogen and oxygen atoms in total. The van der Waals surface area contributed by atoms with Gasteiger partial charge in [0, 0.05) is 50.7 Å². The Hall–Kier alpha value is -3.11. The monoisotopic (exact) mass is 451 g/mol. The highest BCUT2D eigenvalue weighted by Gasteiger charge is 2.34. The van der Waals surface area contributed by atoms with Crippen molar-refractivity contribution in [1.82, 2.24) is 19.9 Å². The van der Waals surface area contributed by atoms with Gasteiger partial charge in [0.1, 0.15) is 5.56 Å². The molecular weight excluding hydrogens is 427 g/mol. The predicted molar refractivity (Wildman–Crippen MR) is 110 cm³/mol. The number of halogens is 3. The number of piperazine rings is 1. The number of amides is 1. The minimum atomic E-state index is -4.74. The van der Waals surface area contributed by atoms with E-state index < -0.39 is 23.4 Å². The number of ether oxygens (including phenoxy) is 1. The van der Waals surface area contributed by atoms with Gasteiger partial charge in [-0.05, 0) is 42.9 Å². The van der Waals surface area contributed by atoms with Crippen LogP contribution in [0.3, 0.4) is 0 Å². The molecule has 3 heterocycles. The van der Waals surface area contributed by atoms with Gasteiger partial charge in [-0.25, -0.2) is 14.8 Å². The van der Waals surface area contributed by atoms with Crippen molar-refractivity contribution >= 4 is 12.0 Å². The number of hydrogen-bond acceptors (Lipinski definition) is 6. The third-order valence-electron chi connectivity index (χ3n) is 5.74. The van der Waals surface area contributed by atoms with Crippen LogP contribution in [0.25, 0.3) is 0 Å². The fourth-order valence-electron chi connectivity index (χ4n) is 3.76. The Bertz CT molecular complexity index is 1020. The zero-order valence-corrected chi connectivity index (χ0v) is 17.6. The van der Waals surface area contributed by atoms with Gasteiger partial charge in [-0.1, -0.05) is 0 Å². The van der Waals surface area contributed by atoms with Crippen LogP contribution in [0, 0.1) is 0 Å². The van der Waals surface area contributed by atoms with Crippen molar-refractivity contribution in [3.8, 4) is 0 Å². The second-order valence-electron chi connectivity index (χ2n) is 8.19. The summed E-state index contributed by atoms with van der Waals surface area (Å²) in [5, 5.41) is 0. The van der Waals surface area contributed by atoms with Gasteiger partial charge in [-0.15, -0.1) is 0 Å². The van der Waals surface area contributed by atoms with Crippen LogP contribution in [0.2, 0.25) is 0 Å². The Balaban J connectivity index is 1.28. The Morgan fingerprint density at radius 2 is 1.97 bits per heavy atom. The molecule has 1 aliphatic carbocycles. The SMILES string of the molecule is CC1CN(c2ncc(C3CC3)cn2)CCN1C(=O)OCCc1c[nH]c(=O)c(C(F)(F)F)c1. The molecule has 1 unspecified atom stereocenters. The molecule has 1 saturated carbocycles. The fourth-order valence-corrected chi connectivity index (χ4v) is 3.76. The maximum absolute atomic E-state index is 12.9. The number of hydrogen-bond donors (Lipinski definition) is 1. The first kappa shape index (κ1) is 22.1. The highest BCUT2D eigenvalue weighted by molar-refractivity contribution is 5.68. The number of anilines is 1. The highest BCUT2D eigenvalue weighted by atomic mass is 19.4. The molecule has 0 bridgehead atoms. The van der Waals surface area contributed by atoms with Crippen molar-refractivity contribution in [2.24, 2.45) is 0 Å². The maximum Gasteiger partial charge on any atom is 0.421 e. The van der Waals surface area contributed by atoms with Crippen molar-refractivity contribution in [1.29, 1.82) is 0 Å². The number of H-pyrrole nitrogens is 1. The van der Waals surface area contributed by atoms with Crippen LogP contribution < -0.4 is 10.5 Å². The molecule has 32 heavy (non-hydrogen) atoms. The van der Waals surface area contributed by atoms with Gasteiger partial charge < -0.3 is 19.5 Å². The molecule has 1 amide bonds. The van der Waals surface area contributed by atoms with Crippen molar-refractivity contribution in [2.45, 2.75) is 44.3 Å². The summed E-state index contributed by atoms with van der Waals surface area (Å²) in [4.78, 5) is 38.4. The quantitative estimate of drug-likeness (QED) is 0.752. The van der Waals surface area contributed by atoms with Crippen LogP contribution in [0.1, 0.15) is 42.4 Å². The molecule has 0 aromatic carbocycles. The lowest BCUT2D eigenvalue weighted by Gasteiger charge is -2.39. The van der Waals surface area contributed by atoms with Crippen LogP contribution in [-0.2, 0) is 17.3 Å². The fraction of sp³-hybridized carbons (Fsp3) is 0.524. The first-order valence-corrected chi connectivity index (χ1v) is 10.5. The topological polar surface area (TPSA) is 91.4 Å². The highest BCUT2D eigenvalue weighted by Crippen LogP contribution is 2.39. The summed E-state index contributed by atoms with van der Waals surface area (Å²) in [6.07, 6.45) is 2.10. The molecule has 2 aliphatic rings. The number of rotatable bonds is 5. The molecule has 0 radical (unpaired) electrons. The molecule has 1 aliphatic heterocycles. The number of nitrogens with one attached hydrogen (secondary N) is 1. The molecule has 2 aromatic rings. The zero-order valence-electron chi connectivity index (χ0n) is 17.6. The van der Waals surface area contributed by atoms with E-state index in [4.69, 9.17) is 4.74 Å². The average Bonchev–Trinajstić information content (AvgIpc) is 3.59. The van der Waals surface area contributed by atoms with Crippen LogP contribution in [0.4, 0.5) is 23.9 Å². The lowest BCUT2D eigenvalue weighted by atomic mass is 10.1. The van der Waals surface area contributed by atoms with Gasteiger partial charge in [0.15, 0.2) is 0 Å². The van der Waals surface area contributed by atoms with Crippen molar-refractivity contribution in [3.05, 3.63) is 51.7 Å². The molecule has 1 saturated heterocycles. The number of carbonyl (C=O) groups excluding carboxylic acids is 1. The number of nitrogens with zero attached hydrogens (tertiary/aromatic N) is 4. The Morgan fingerprint density at radius 1 is 1.25 bits per heavy atom. The van der Waals surface area contributed by atoms with Crippen LogP contribution in [0.5, 0.6) is 0 Å². The van der Waals surface area contributed by atoms with E-state index in [1.54, 1.807) is 4.90 Å². The first-order valence-electron chi connectivity index (χ1n) is 10.5. The lowest BCUT2D eigenvalue weighted by Crippen LogP contribution is -2.54. The predicted octanol–water partition coefficient (Wildman–Crippen LogP) is 2.95. The van der Waals surface area contributed by atoms with E-state index in [0.717, 1.165) is 11.6 Å². The van der Waals surface area contributed by atoms with Crippen LogP contribution in [-0.4, -0.2) is 58.2 Å². The Labute approximate surface area is 182 Å². The lowest BCUT2D eigenvalue weighted by molar-refractivity contribution is -0.138. The molecule has 2 fully saturated rings. The van der Waals surface area contributed by atoms with E-state index in [9.17, 15) is 22.8 Å². The van der Waals surface area contributed by atoms with E-state index in [-0.39, 0.29) is 24.6 Å². The number of alkyl halides is 3. The van der Waals surface area contributed by atoms with Crippen LogP contribution >= 0.6 is 0 Å².